The van der Waals surface area contributed by atoms with Gasteiger partial charge in [-0.25, -0.2) is 9.48 Å². The zero-order chi connectivity index (χ0) is 19.3. The van der Waals surface area contributed by atoms with Gasteiger partial charge >= 0.3 is 5.97 Å². The minimum atomic E-state index is -0.981. The first-order valence-corrected chi connectivity index (χ1v) is 8.63. The quantitative estimate of drug-likeness (QED) is 0.571. The Morgan fingerprint density at radius 1 is 1.00 bits per heavy atom. The van der Waals surface area contributed by atoms with Crippen molar-refractivity contribution in [1.82, 2.24) is 19.7 Å². The molecule has 4 rings (SSSR count). The van der Waals surface area contributed by atoms with E-state index in [1.807, 2.05) is 59.4 Å². The first-order chi connectivity index (χ1) is 13.7. The second kappa shape index (κ2) is 7.67. The zero-order valence-electron chi connectivity index (χ0n) is 14.8. The van der Waals surface area contributed by atoms with Gasteiger partial charge in [0.2, 0.25) is 0 Å². The molecule has 0 radical (unpaired) electrons. The van der Waals surface area contributed by atoms with Crippen LogP contribution in [0.5, 0.6) is 0 Å². The molecule has 0 spiro atoms. The third-order valence-electron chi connectivity index (χ3n) is 4.16. The summed E-state index contributed by atoms with van der Waals surface area (Å²) in [6.07, 6.45) is 10.5. The van der Waals surface area contributed by atoms with E-state index in [1.165, 1.54) is 18.3 Å². The molecule has 0 atom stereocenters. The van der Waals surface area contributed by atoms with Crippen LogP contribution in [0.15, 0.2) is 79.4 Å². The minimum Gasteiger partial charge on any atom is -0.478 e. The average molecular weight is 368 g/mol. The Balaban J connectivity index is 1.76. The maximum absolute atomic E-state index is 11.2. The monoisotopic (exact) mass is 368 g/mol. The summed E-state index contributed by atoms with van der Waals surface area (Å²) >= 11 is 0. The Bertz CT molecular complexity index is 1140. The largest absolute Gasteiger partial charge is 0.478 e. The molecule has 28 heavy (non-hydrogen) atoms. The first-order valence-electron chi connectivity index (χ1n) is 8.63. The van der Waals surface area contributed by atoms with Gasteiger partial charge in [-0.05, 0) is 48.6 Å². The number of para-hydroxylation sites is 1. The maximum Gasteiger partial charge on any atom is 0.335 e. The number of nitrogens with zero attached hydrogens (tertiary/aromatic N) is 4. The average Bonchev–Trinajstić information content (AvgIpc) is 3.18. The normalized spacial score (nSPS) is 11.0. The van der Waals surface area contributed by atoms with Crippen molar-refractivity contribution in [2.75, 3.05) is 0 Å². The van der Waals surface area contributed by atoms with E-state index in [0.29, 0.717) is 5.69 Å². The molecule has 0 aliphatic heterocycles. The van der Waals surface area contributed by atoms with Gasteiger partial charge in [-0.1, -0.05) is 18.2 Å². The molecular weight excluding hydrogens is 352 g/mol. The predicted molar refractivity (Wildman–Crippen MR) is 107 cm³/mol. The van der Waals surface area contributed by atoms with E-state index < -0.39 is 5.97 Å². The molecule has 6 heteroatoms. The standard InChI is InChI=1S/C22H16N4O2/c27-22(28)16-10-12-24-19(13-16)9-8-18-15-26(20-6-2-1-3-7-20)25-21(18)17-5-4-11-23-14-17/h1-15H,(H,27,28)/b9-8+. The van der Waals surface area contributed by atoms with Crippen molar-refractivity contribution in [3.05, 3.63) is 96.2 Å². The molecule has 3 aromatic heterocycles. The molecule has 0 unspecified atom stereocenters. The molecule has 0 amide bonds. The lowest BCUT2D eigenvalue weighted by Gasteiger charge is -2.00. The minimum absolute atomic E-state index is 0.196. The Morgan fingerprint density at radius 3 is 2.61 bits per heavy atom. The van der Waals surface area contributed by atoms with Crippen molar-refractivity contribution in [2.45, 2.75) is 0 Å². The van der Waals surface area contributed by atoms with Crippen LogP contribution >= 0.6 is 0 Å². The van der Waals surface area contributed by atoms with Crippen molar-refractivity contribution in [3.63, 3.8) is 0 Å². The molecule has 0 fully saturated rings. The molecular formula is C22H16N4O2. The first kappa shape index (κ1) is 17.4. The number of hydrogen-bond donors (Lipinski definition) is 1. The SMILES string of the molecule is O=C(O)c1ccnc(/C=C/c2cn(-c3ccccc3)nc2-c2cccnc2)c1. The van der Waals surface area contributed by atoms with Gasteiger partial charge in [0.15, 0.2) is 0 Å². The lowest BCUT2D eigenvalue weighted by Crippen LogP contribution is -1.96. The number of hydrogen-bond acceptors (Lipinski definition) is 4. The third kappa shape index (κ3) is 3.71. The maximum atomic E-state index is 11.2. The van der Waals surface area contributed by atoms with Gasteiger partial charge in [-0.15, -0.1) is 0 Å². The molecule has 3 heterocycles. The molecule has 0 aliphatic carbocycles. The van der Waals surface area contributed by atoms with E-state index in [-0.39, 0.29) is 5.56 Å². The molecule has 0 saturated carbocycles. The van der Waals surface area contributed by atoms with Gasteiger partial charge in [0, 0.05) is 35.9 Å². The van der Waals surface area contributed by atoms with Crippen molar-refractivity contribution < 1.29 is 9.90 Å². The topological polar surface area (TPSA) is 80.9 Å². The van der Waals surface area contributed by atoms with Gasteiger partial charge in [-0.3, -0.25) is 9.97 Å². The number of pyridine rings is 2. The van der Waals surface area contributed by atoms with Gasteiger partial charge in [0.05, 0.1) is 16.9 Å². The summed E-state index contributed by atoms with van der Waals surface area (Å²) in [6.45, 7) is 0. The highest BCUT2D eigenvalue weighted by atomic mass is 16.4. The fourth-order valence-corrected chi connectivity index (χ4v) is 2.80. The molecule has 6 nitrogen and oxygen atoms in total. The van der Waals surface area contributed by atoms with Crippen LogP contribution < -0.4 is 0 Å². The number of rotatable bonds is 5. The van der Waals surface area contributed by atoms with Crippen LogP contribution in [0.25, 0.3) is 29.1 Å². The van der Waals surface area contributed by atoms with E-state index in [0.717, 1.165) is 22.5 Å². The molecule has 1 aromatic carbocycles. The summed E-state index contributed by atoms with van der Waals surface area (Å²) in [7, 11) is 0. The van der Waals surface area contributed by atoms with Gasteiger partial charge < -0.3 is 5.11 Å². The highest BCUT2D eigenvalue weighted by Crippen LogP contribution is 2.24. The van der Waals surface area contributed by atoms with Crippen LogP contribution in [0.3, 0.4) is 0 Å². The predicted octanol–water partition coefficient (Wildman–Crippen LogP) is 4.20. The smallest absolute Gasteiger partial charge is 0.335 e. The second-order valence-corrected chi connectivity index (χ2v) is 6.06. The van der Waals surface area contributed by atoms with E-state index in [9.17, 15) is 4.79 Å². The van der Waals surface area contributed by atoms with Gasteiger partial charge in [0.25, 0.3) is 0 Å². The van der Waals surface area contributed by atoms with E-state index in [2.05, 4.69) is 9.97 Å². The number of aromatic nitrogens is 4. The summed E-state index contributed by atoms with van der Waals surface area (Å²) in [6, 6.07) is 16.6. The lowest BCUT2D eigenvalue weighted by molar-refractivity contribution is 0.0696. The lowest BCUT2D eigenvalue weighted by atomic mass is 10.1. The third-order valence-corrected chi connectivity index (χ3v) is 4.16. The molecule has 0 saturated heterocycles. The highest BCUT2D eigenvalue weighted by Gasteiger charge is 2.11. The molecule has 1 N–H and O–H groups in total. The molecule has 136 valence electrons. The van der Waals surface area contributed by atoms with E-state index in [1.54, 1.807) is 18.5 Å². The summed E-state index contributed by atoms with van der Waals surface area (Å²) in [5.74, 6) is -0.981. The second-order valence-electron chi connectivity index (χ2n) is 6.06. The van der Waals surface area contributed by atoms with Crippen LogP contribution in [0, 0.1) is 0 Å². The van der Waals surface area contributed by atoms with Crippen molar-refractivity contribution in [3.8, 4) is 16.9 Å². The van der Waals surface area contributed by atoms with Crippen molar-refractivity contribution in [2.24, 2.45) is 0 Å². The van der Waals surface area contributed by atoms with E-state index >= 15 is 0 Å². The fourth-order valence-electron chi connectivity index (χ4n) is 2.80. The number of aromatic carboxylic acids is 1. The van der Waals surface area contributed by atoms with Crippen molar-refractivity contribution >= 4 is 18.1 Å². The van der Waals surface area contributed by atoms with E-state index in [4.69, 9.17) is 10.2 Å². The molecule has 4 aromatic rings. The summed E-state index contributed by atoms with van der Waals surface area (Å²) in [5, 5.41) is 13.9. The number of carboxylic acid groups (broad SMARTS) is 1. The highest BCUT2D eigenvalue weighted by molar-refractivity contribution is 5.88. The number of carbonyl (C=O) groups is 1. The zero-order valence-corrected chi connectivity index (χ0v) is 14.8. The fraction of sp³-hybridized carbons (Fsp3) is 0. The van der Waals surface area contributed by atoms with Gasteiger partial charge in [-0.2, -0.15) is 5.10 Å². The van der Waals surface area contributed by atoms with Crippen molar-refractivity contribution in [1.29, 1.82) is 0 Å². The van der Waals surface area contributed by atoms with Gasteiger partial charge in [0.1, 0.15) is 5.69 Å². The van der Waals surface area contributed by atoms with Crippen LogP contribution in [0.4, 0.5) is 0 Å². The van der Waals surface area contributed by atoms with Crippen LogP contribution in [0.1, 0.15) is 21.6 Å². The number of carboxylic acids is 1. The van der Waals surface area contributed by atoms with Crippen LogP contribution in [-0.2, 0) is 0 Å². The summed E-state index contributed by atoms with van der Waals surface area (Å²) < 4.78 is 1.81. The molecule has 0 bridgehead atoms. The van der Waals surface area contributed by atoms with Crippen LogP contribution in [0.2, 0.25) is 0 Å². The Morgan fingerprint density at radius 2 is 1.86 bits per heavy atom. The van der Waals surface area contributed by atoms with Crippen LogP contribution in [-0.4, -0.2) is 30.8 Å². The Hall–Kier alpha value is -4.06. The number of benzene rings is 1. The molecule has 0 aliphatic rings. The Kier molecular flexibility index (Phi) is 4.76. The summed E-state index contributed by atoms with van der Waals surface area (Å²) in [5.41, 5.74) is 4.25. The summed E-state index contributed by atoms with van der Waals surface area (Å²) in [4.78, 5) is 19.6. The Labute approximate surface area is 161 Å².